The molecule has 3 rings (SSSR count). The molecule has 0 spiro atoms. The van der Waals surface area contributed by atoms with Gasteiger partial charge < -0.3 is 15.4 Å². The van der Waals surface area contributed by atoms with Gasteiger partial charge in [-0.15, -0.1) is 0 Å². The molecule has 0 aromatic heterocycles. The molecule has 1 aliphatic rings. The van der Waals surface area contributed by atoms with Gasteiger partial charge >= 0.3 is 0 Å². The first-order chi connectivity index (χ1) is 13.4. The molecule has 0 radical (unpaired) electrons. The van der Waals surface area contributed by atoms with Crippen LogP contribution < -0.4 is 15.4 Å². The average Bonchev–Trinajstić information content (AvgIpc) is 2.66. The van der Waals surface area contributed by atoms with E-state index in [4.69, 9.17) is 4.74 Å². The summed E-state index contributed by atoms with van der Waals surface area (Å²) in [6.07, 6.45) is 0.959. The smallest absolute Gasteiger partial charge is 0.227 e. The third-order valence-corrected chi connectivity index (χ3v) is 4.63. The van der Waals surface area contributed by atoms with E-state index >= 15 is 0 Å². The van der Waals surface area contributed by atoms with Gasteiger partial charge in [0.25, 0.3) is 0 Å². The normalized spacial score (nSPS) is 15.5. The van der Waals surface area contributed by atoms with Crippen LogP contribution in [0.15, 0.2) is 42.5 Å². The van der Waals surface area contributed by atoms with Crippen molar-refractivity contribution in [2.75, 3.05) is 11.9 Å². The summed E-state index contributed by atoms with van der Waals surface area (Å²) < 4.78 is 19.4. The van der Waals surface area contributed by atoms with Crippen molar-refractivity contribution < 1.29 is 18.7 Å². The highest BCUT2D eigenvalue weighted by Crippen LogP contribution is 2.30. The van der Waals surface area contributed by atoms with Gasteiger partial charge in [-0.1, -0.05) is 32.0 Å². The van der Waals surface area contributed by atoms with Crippen LogP contribution in [0.5, 0.6) is 5.75 Å². The zero-order chi connectivity index (χ0) is 20.1. The van der Waals surface area contributed by atoms with Crippen molar-refractivity contribution in [3.63, 3.8) is 0 Å². The number of carbonyl (C=O) groups excluding carboxylic acids is 2. The molecule has 0 fully saturated rings. The summed E-state index contributed by atoms with van der Waals surface area (Å²) in [5.41, 5.74) is 2.02. The van der Waals surface area contributed by atoms with Crippen LogP contribution >= 0.6 is 0 Å². The van der Waals surface area contributed by atoms with Crippen molar-refractivity contribution in [1.82, 2.24) is 5.32 Å². The molecule has 5 nitrogen and oxygen atoms in total. The molecule has 0 saturated carbocycles. The fraction of sp³-hybridized carbons (Fsp3) is 0.364. The van der Waals surface area contributed by atoms with E-state index in [1.165, 1.54) is 6.07 Å². The first-order valence-electron chi connectivity index (χ1n) is 9.49. The van der Waals surface area contributed by atoms with Gasteiger partial charge in [-0.2, -0.15) is 0 Å². The largest absolute Gasteiger partial charge is 0.492 e. The molecule has 0 saturated heterocycles. The third-order valence-electron chi connectivity index (χ3n) is 4.63. The standard InChI is InChI=1S/C22H25FN2O3/c1-14(2)9-21(26)25-18-7-8-20-16(11-18)10-17(13-28-20)22(27)24-12-15-5-3-4-6-19(15)23/h3-8,11,14,17H,9-10,12-13H2,1-2H3,(H,24,27)(H,25,26)/t17-/m0/s1. The lowest BCUT2D eigenvalue weighted by molar-refractivity contribution is -0.126. The van der Waals surface area contributed by atoms with Crippen LogP contribution in [-0.4, -0.2) is 18.4 Å². The molecule has 6 heteroatoms. The number of anilines is 1. The molecule has 0 aliphatic carbocycles. The summed E-state index contributed by atoms with van der Waals surface area (Å²) in [4.78, 5) is 24.5. The van der Waals surface area contributed by atoms with E-state index in [9.17, 15) is 14.0 Å². The Balaban J connectivity index is 1.61. The first kappa shape index (κ1) is 19.9. The lowest BCUT2D eigenvalue weighted by atomic mass is 9.95. The Labute approximate surface area is 164 Å². The number of fused-ring (bicyclic) bond motifs is 1. The molecule has 2 N–H and O–H groups in total. The number of benzene rings is 2. The Bertz CT molecular complexity index is 867. The van der Waals surface area contributed by atoms with Gasteiger partial charge in [-0.3, -0.25) is 9.59 Å². The number of rotatable bonds is 6. The van der Waals surface area contributed by atoms with Gasteiger partial charge in [0.15, 0.2) is 0 Å². The van der Waals surface area contributed by atoms with Gasteiger partial charge in [0, 0.05) is 24.2 Å². The summed E-state index contributed by atoms with van der Waals surface area (Å²) in [7, 11) is 0. The van der Waals surface area contributed by atoms with Crippen LogP contribution in [0.1, 0.15) is 31.4 Å². The van der Waals surface area contributed by atoms with E-state index in [2.05, 4.69) is 10.6 Å². The van der Waals surface area contributed by atoms with Crippen molar-refractivity contribution in [2.24, 2.45) is 11.8 Å². The lowest BCUT2D eigenvalue weighted by Crippen LogP contribution is -2.37. The van der Waals surface area contributed by atoms with Crippen molar-refractivity contribution in [1.29, 1.82) is 0 Å². The van der Waals surface area contributed by atoms with Crippen LogP contribution in [-0.2, 0) is 22.6 Å². The lowest BCUT2D eigenvalue weighted by Gasteiger charge is -2.25. The summed E-state index contributed by atoms with van der Waals surface area (Å²) in [5.74, 6) is 0.0909. The Kier molecular flexibility index (Phi) is 6.29. The van der Waals surface area contributed by atoms with Crippen LogP contribution in [0.2, 0.25) is 0 Å². The van der Waals surface area contributed by atoms with Crippen LogP contribution in [0.25, 0.3) is 0 Å². The van der Waals surface area contributed by atoms with Gasteiger partial charge in [-0.05, 0) is 42.2 Å². The minimum Gasteiger partial charge on any atom is -0.492 e. The second-order valence-electron chi connectivity index (χ2n) is 7.49. The molecule has 148 valence electrons. The Morgan fingerprint density at radius 2 is 2.00 bits per heavy atom. The van der Waals surface area contributed by atoms with Gasteiger partial charge in [-0.25, -0.2) is 4.39 Å². The second kappa shape index (κ2) is 8.87. The maximum absolute atomic E-state index is 13.7. The van der Waals surface area contributed by atoms with Crippen molar-refractivity contribution in [3.05, 3.63) is 59.4 Å². The molecule has 1 heterocycles. The number of carbonyl (C=O) groups is 2. The molecule has 28 heavy (non-hydrogen) atoms. The number of nitrogens with one attached hydrogen (secondary N) is 2. The molecule has 0 unspecified atom stereocenters. The molecule has 2 aromatic rings. The van der Waals surface area contributed by atoms with Crippen LogP contribution in [0.3, 0.4) is 0 Å². The molecule has 1 aliphatic heterocycles. The topological polar surface area (TPSA) is 67.4 Å². The van der Waals surface area contributed by atoms with Gasteiger partial charge in [0.1, 0.15) is 18.2 Å². The minimum atomic E-state index is -0.360. The number of halogens is 1. The minimum absolute atomic E-state index is 0.0362. The summed E-state index contributed by atoms with van der Waals surface area (Å²) in [6.45, 7) is 4.39. The van der Waals surface area contributed by atoms with Crippen LogP contribution in [0, 0.1) is 17.7 Å². The fourth-order valence-electron chi connectivity index (χ4n) is 3.19. The van der Waals surface area contributed by atoms with E-state index in [0.717, 1.165) is 11.3 Å². The number of hydrogen-bond acceptors (Lipinski definition) is 3. The molecular weight excluding hydrogens is 359 g/mol. The predicted molar refractivity (Wildman–Crippen MR) is 105 cm³/mol. The highest BCUT2D eigenvalue weighted by molar-refractivity contribution is 5.91. The second-order valence-corrected chi connectivity index (χ2v) is 7.49. The SMILES string of the molecule is CC(C)CC(=O)Nc1ccc2c(c1)C[C@H](C(=O)NCc1ccccc1F)CO2. The van der Waals surface area contributed by atoms with Crippen molar-refractivity contribution in [2.45, 2.75) is 33.2 Å². The molecular formula is C22H25FN2O3. The number of amides is 2. The zero-order valence-corrected chi connectivity index (χ0v) is 16.1. The Morgan fingerprint density at radius 1 is 1.21 bits per heavy atom. The predicted octanol–water partition coefficient (Wildman–Crippen LogP) is 3.68. The Hall–Kier alpha value is -2.89. The van der Waals surface area contributed by atoms with E-state index in [-0.39, 0.29) is 42.6 Å². The molecule has 2 aromatic carbocycles. The molecule has 2 amide bonds. The quantitative estimate of drug-likeness (QED) is 0.798. The maximum Gasteiger partial charge on any atom is 0.227 e. The van der Waals surface area contributed by atoms with Crippen molar-refractivity contribution in [3.8, 4) is 5.75 Å². The summed E-state index contributed by atoms with van der Waals surface area (Å²) in [5, 5.41) is 5.66. The van der Waals surface area contributed by atoms with E-state index < -0.39 is 0 Å². The highest BCUT2D eigenvalue weighted by atomic mass is 19.1. The number of hydrogen-bond donors (Lipinski definition) is 2. The molecule has 0 bridgehead atoms. The number of ether oxygens (including phenoxy) is 1. The van der Waals surface area contributed by atoms with Crippen molar-refractivity contribution >= 4 is 17.5 Å². The van der Waals surface area contributed by atoms with E-state index in [1.54, 1.807) is 24.3 Å². The average molecular weight is 384 g/mol. The monoisotopic (exact) mass is 384 g/mol. The maximum atomic E-state index is 13.7. The van der Waals surface area contributed by atoms with Crippen LogP contribution in [0.4, 0.5) is 10.1 Å². The highest BCUT2D eigenvalue weighted by Gasteiger charge is 2.26. The van der Waals surface area contributed by atoms with E-state index in [1.807, 2.05) is 26.0 Å². The zero-order valence-electron chi connectivity index (χ0n) is 16.1. The fourth-order valence-corrected chi connectivity index (χ4v) is 3.19. The molecule has 1 atom stereocenters. The van der Waals surface area contributed by atoms with E-state index in [0.29, 0.717) is 24.1 Å². The van der Waals surface area contributed by atoms with Gasteiger partial charge in [0.05, 0.1) is 5.92 Å². The Morgan fingerprint density at radius 3 is 2.75 bits per heavy atom. The third kappa shape index (κ3) is 5.09. The summed E-state index contributed by atoms with van der Waals surface area (Å²) in [6, 6.07) is 11.8. The van der Waals surface area contributed by atoms with Gasteiger partial charge in [0.2, 0.25) is 11.8 Å². The first-order valence-corrected chi connectivity index (χ1v) is 9.49. The summed E-state index contributed by atoms with van der Waals surface area (Å²) >= 11 is 0.